The minimum atomic E-state index is -0.786. The standard InChI is InChI=1S/C18H21FO2/c1-4-12(2)15-7-5-6-8-17(15)21-18-10-9-14(19)11-16(18)13(3)20/h5-13,20H,4H2,1-3H3/t12?,13-/m1/s1. The highest BCUT2D eigenvalue weighted by molar-refractivity contribution is 5.43. The largest absolute Gasteiger partial charge is 0.457 e. The van der Waals surface area contributed by atoms with E-state index >= 15 is 0 Å². The smallest absolute Gasteiger partial charge is 0.133 e. The number of benzene rings is 2. The Hall–Kier alpha value is -1.87. The molecule has 2 aromatic carbocycles. The number of aliphatic hydroxyl groups is 1. The van der Waals surface area contributed by atoms with Crippen LogP contribution in [0.25, 0.3) is 0 Å². The summed E-state index contributed by atoms with van der Waals surface area (Å²) < 4.78 is 19.3. The highest BCUT2D eigenvalue weighted by Crippen LogP contribution is 2.35. The third-order valence-electron chi connectivity index (χ3n) is 3.70. The van der Waals surface area contributed by atoms with Gasteiger partial charge in [-0.2, -0.15) is 0 Å². The summed E-state index contributed by atoms with van der Waals surface area (Å²) in [7, 11) is 0. The topological polar surface area (TPSA) is 29.5 Å². The third-order valence-corrected chi connectivity index (χ3v) is 3.70. The molecule has 0 heterocycles. The Morgan fingerprint density at radius 2 is 1.71 bits per heavy atom. The lowest BCUT2D eigenvalue weighted by Crippen LogP contribution is -2.00. The Labute approximate surface area is 125 Å². The highest BCUT2D eigenvalue weighted by Gasteiger charge is 2.15. The van der Waals surface area contributed by atoms with E-state index in [9.17, 15) is 9.50 Å². The molecule has 2 atom stereocenters. The molecule has 3 heteroatoms. The summed E-state index contributed by atoms with van der Waals surface area (Å²) in [6.45, 7) is 5.87. The van der Waals surface area contributed by atoms with Gasteiger partial charge in [-0.05, 0) is 49.1 Å². The van der Waals surface area contributed by atoms with Crippen LogP contribution in [-0.4, -0.2) is 5.11 Å². The lowest BCUT2D eigenvalue weighted by Gasteiger charge is -2.18. The Morgan fingerprint density at radius 1 is 1.05 bits per heavy atom. The van der Waals surface area contributed by atoms with Gasteiger partial charge >= 0.3 is 0 Å². The van der Waals surface area contributed by atoms with Gasteiger partial charge in [0, 0.05) is 5.56 Å². The molecule has 1 N–H and O–H groups in total. The Bertz CT molecular complexity index is 608. The molecule has 0 saturated carbocycles. The van der Waals surface area contributed by atoms with Crippen molar-refractivity contribution in [3.8, 4) is 11.5 Å². The van der Waals surface area contributed by atoms with Crippen LogP contribution in [0.1, 0.15) is 50.3 Å². The lowest BCUT2D eigenvalue weighted by molar-refractivity contribution is 0.195. The molecule has 1 unspecified atom stereocenters. The van der Waals surface area contributed by atoms with Gasteiger partial charge in [0.15, 0.2) is 0 Å². The highest BCUT2D eigenvalue weighted by atomic mass is 19.1. The molecular weight excluding hydrogens is 267 g/mol. The first kappa shape index (κ1) is 15.5. The van der Waals surface area contributed by atoms with E-state index in [1.807, 2.05) is 24.3 Å². The van der Waals surface area contributed by atoms with E-state index in [2.05, 4.69) is 13.8 Å². The van der Waals surface area contributed by atoms with Crippen molar-refractivity contribution in [2.75, 3.05) is 0 Å². The van der Waals surface area contributed by atoms with Crippen LogP contribution in [0.4, 0.5) is 4.39 Å². The molecule has 0 aliphatic heterocycles. The maximum absolute atomic E-state index is 13.3. The minimum absolute atomic E-state index is 0.372. The predicted octanol–water partition coefficient (Wildman–Crippen LogP) is 5.18. The number of halogens is 1. The summed E-state index contributed by atoms with van der Waals surface area (Å²) in [5, 5.41) is 9.78. The van der Waals surface area contributed by atoms with Gasteiger partial charge in [0.05, 0.1) is 6.10 Å². The summed E-state index contributed by atoms with van der Waals surface area (Å²) in [4.78, 5) is 0. The van der Waals surface area contributed by atoms with Crippen LogP contribution in [-0.2, 0) is 0 Å². The summed E-state index contributed by atoms with van der Waals surface area (Å²) in [6.07, 6.45) is 0.221. The van der Waals surface area contributed by atoms with Crippen LogP contribution in [0.2, 0.25) is 0 Å². The maximum atomic E-state index is 13.3. The first-order valence-electron chi connectivity index (χ1n) is 7.27. The van der Waals surface area contributed by atoms with Gasteiger partial charge in [0.1, 0.15) is 17.3 Å². The SMILES string of the molecule is CCC(C)c1ccccc1Oc1ccc(F)cc1[C@@H](C)O. The molecule has 0 bridgehead atoms. The molecule has 0 aromatic heterocycles. The predicted molar refractivity (Wildman–Crippen MR) is 82.3 cm³/mol. The van der Waals surface area contributed by atoms with Crippen molar-refractivity contribution in [1.29, 1.82) is 0 Å². The van der Waals surface area contributed by atoms with Crippen molar-refractivity contribution in [3.05, 3.63) is 59.4 Å². The molecule has 0 fully saturated rings. The number of ether oxygens (including phenoxy) is 1. The van der Waals surface area contributed by atoms with E-state index in [4.69, 9.17) is 4.74 Å². The molecule has 0 aliphatic rings. The average Bonchev–Trinajstić information content (AvgIpc) is 2.48. The zero-order chi connectivity index (χ0) is 15.4. The molecular formula is C18H21FO2. The fourth-order valence-electron chi connectivity index (χ4n) is 2.26. The van der Waals surface area contributed by atoms with Gasteiger partial charge in [-0.25, -0.2) is 4.39 Å². The minimum Gasteiger partial charge on any atom is -0.457 e. The number of para-hydroxylation sites is 1. The second kappa shape index (κ2) is 6.72. The van der Waals surface area contributed by atoms with Crippen molar-refractivity contribution < 1.29 is 14.2 Å². The molecule has 0 spiro atoms. The molecule has 2 rings (SSSR count). The van der Waals surface area contributed by atoms with Crippen LogP contribution in [0, 0.1) is 5.82 Å². The number of hydrogen-bond donors (Lipinski definition) is 1. The van der Waals surface area contributed by atoms with E-state index in [1.165, 1.54) is 12.1 Å². The van der Waals surface area contributed by atoms with Gasteiger partial charge in [-0.3, -0.25) is 0 Å². The summed E-state index contributed by atoms with van der Waals surface area (Å²) in [6, 6.07) is 12.0. The van der Waals surface area contributed by atoms with Crippen LogP contribution in [0.5, 0.6) is 11.5 Å². The number of rotatable bonds is 5. The maximum Gasteiger partial charge on any atom is 0.133 e. The number of aliphatic hydroxyl groups excluding tert-OH is 1. The van der Waals surface area contributed by atoms with Crippen molar-refractivity contribution >= 4 is 0 Å². The average molecular weight is 288 g/mol. The second-order valence-electron chi connectivity index (χ2n) is 5.31. The van der Waals surface area contributed by atoms with Gasteiger partial charge < -0.3 is 9.84 Å². The monoisotopic (exact) mass is 288 g/mol. The quantitative estimate of drug-likeness (QED) is 0.821. The van der Waals surface area contributed by atoms with E-state index in [0.29, 0.717) is 17.2 Å². The zero-order valence-corrected chi connectivity index (χ0v) is 12.6. The van der Waals surface area contributed by atoms with Gasteiger partial charge in [0.2, 0.25) is 0 Å². The van der Waals surface area contributed by atoms with E-state index in [1.54, 1.807) is 13.0 Å². The third kappa shape index (κ3) is 3.61. The molecule has 2 aromatic rings. The molecule has 0 saturated heterocycles. The van der Waals surface area contributed by atoms with Gasteiger partial charge in [-0.1, -0.05) is 32.0 Å². The summed E-state index contributed by atoms with van der Waals surface area (Å²) in [5.41, 5.74) is 1.56. The Kier molecular flexibility index (Phi) is 4.97. The van der Waals surface area contributed by atoms with E-state index < -0.39 is 6.10 Å². The van der Waals surface area contributed by atoms with Gasteiger partial charge in [-0.15, -0.1) is 0 Å². The Morgan fingerprint density at radius 3 is 2.38 bits per heavy atom. The zero-order valence-electron chi connectivity index (χ0n) is 12.6. The molecule has 0 aliphatic carbocycles. The van der Waals surface area contributed by atoms with Crippen molar-refractivity contribution in [2.24, 2.45) is 0 Å². The van der Waals surface area contributed by atoms with Crippen molar-refractivity contribution in [3.63, 3.8) is 0 Å². The molecule has 112 valence electrons. The van der Waals surface area contributed by atoms with Crippen molar-refractivity contribution in [2.45, 2.75) is 39.2 Å². The molecule has 2 nitrogen and oxygen atoms in total. The second-order valence-corrected chi connectivity index (χ2v) is 5.31. The van der Waals surface area contributed by atoms with Crippen LogP contribution in [0.15, 0.2) is 42.5 Å². The molecule has 0 amide bonds. The van der Waals surface area contributed by atoms with Crippen LogP contribution >= 0.6 is 0 Å². The lowest BCUT2D eigenvalue weighted by atomic mass is 9.98. The van der Waals surface area contributed by atoms with Gasteiger partial charge in [0.25, 0.3) is 0 Å². The van der Waals surface area contributed by atoms with Crippen LogP contribution < -0.4 is 4.74 Å². The summed E-state index contributed by atoms with van der Waals surface area (Å²) >= 11 is 0. The first-order valence-corrected chi connectivity index (χ1v) is 7.27. The fraction of sp³-hybridized carbons (Fsp3) is 0.333. The molecule has 0 radical (unpaired) electrons. The van der Waals surface area contributed by atoms with E-state index in [0.717, 1.165) is 17.7 Å². The van der Waals surface area contributed by atoms with Crippen molar-refractivity contribution in [1.82, 2.24) is 0 Å². The molecule has 21 heavy (non-hydrogen) atoms. The number of hydrogen-bond acceptors (Lipinski definition) is 2. The fourth-order valence-corrected chi connectivity index (χ4v) is 2.26. The van der Waals surface area contributed by atoms with E-state index in [-0.39, 0.29) is 5.82 Å². The first-order chi connectivity index (χ1) is 10.0. The Balaban J connectivity index is 2.39. The van der Waals surface area contributed by atoms with Crippen LogP contribution in [0.3, 0.4) is 0 Å². The summed E-state index contributed by atoms with van der Waals surface area (Å²) in [5.74, 6) is 1.23. The normalized spacial score (nSPS) is 13.8.